The molecule has 0 spiro atoms. The summed E-state index contributed by atoms with van der Waals surface area (Å²) in [4.78, 5) is 3.03. The van der Waals surface area contributed by atoms with E-state index in [2.05, 4.69) is 4.98 Å². The number of H-pyrrole nitrogens is 1. The molecule has 1 heterocycles. The van der Waals surface area contributed by atoms with Gasteiger partial charge in [0.25, 0.3) is 0 Å². The summed E-state index contributed by atoms with van der Waals surface area (Å²) in [5.41, 5.74) is 2.14. The van der Waals surface area contributed by atoms with Crippen LogP contribution in [0.15, 0.2) is 36.4 Å². The predicted molar refractivity (Wildman–Crippen MR) is 78.4 cm³/mol. The molecule has 0 fully saturated rings. The first-order valence-corrected chi connectivity index (χ1v) is 6.59. The molecule has 0 atom stereocenters. The maximum Gasteiger partial charge on any atom is 0.182 e. The number of fused-ring (bicyclic) bond motifs is 1. The van der Waals surface area contributed by atoms with E-state index in [4.69, 9.17) is 35.4 Å². The lowest BCUT2D eigenvalue weighted by Crippen LogP contribution is -1.95. The molecular formula is C13H7Cl2FN2S. The summed E-state index contributed by atoms with van der Waals surface area (Å²) in [6, 6.07) is 9.64. The Hall–Kier alpha value is -1.36. The number of halogens is 3. The fourth-order valence-corrected chi connectivity index (χ4v) is 2.76. The molecule has 0 bridgehead atoms. The maximum absolute atomic E-state index is 13.1. The van der Waals surface area contributed by atoms with Gasteiger partial charge in [-0.15, -0.1) is 0 Å². The zero-order chi connectivity index (χ0) is 13.6. The lowest BCUT2D eigenvalue weighted by molar-refractivity contribution is 0.627. The van der Waals surface area contributed by atoms with Crippen molar-refractivity contribution >= 4 is 46.5 Å². The molecule has 0 aliphatic rings. The molecule has 3 aromatic rings. The number of para-hydroxylation sites is 1. The van der Waals surface area contributed by atoms with Crippen LogP contribution in [-0.4, -0.2) is 9.55 Å². The number of hydrogen-bond acceptors (Lipinski definition) is 1. The van der Waals surface area contributed by atoms with Gasteiger partial charge in [0.15, 0.2) is 4.77 Å². The van der Waals surface area contributed by atoms with E-state index in [1.165, 1.54) is 12.1 Å². The van der Waals surface area contributed by atoms with Crippen LogP contribution in [0.4, 0.5) is 4.39 Å². The van der Waals surface area contributed by atoms with E-state index < -0.39 is 5.82 Å². The Labute approximate surface area is 123 Å². The Morgan fingerprint density at radius 1 is 1.11 bits per heavy atom. The molecule has 0 amide bonds. The van der Waals surface area contributed by atoms with Gasteiger partial charge in [0.05, 0.1) is 26.8 Å². The average molecular weight is 313 g/mol. The van der Waals surface area contributed by atoms with Gasteiger partial charge in [-0.2, -0.15) is 0 Å². The van der Waals surface area contributed by atoms with Crippen LogP contribution in [0.5, 0.6) is 0 Å². The SMILES string of the molecule is Fc1ccc(-n2c(=S)[nH]c3c(Cl)cccc32)c(Cl)c1. The number of rotatable bonds is 1. The topological polar surface area (TPSA) is 20.7 Å². The highest BCUT2D eigenvalue weighted by Crippen LogP contribution is 2.29. The zero-order valence-corrected chi connectivity index (χ0v) is 11.8. The second kappa shape index (κ2) is 4.63. The molecule has 3 rings (SSSR count). The molecule has 0 saturated heterocycles. The summed E-state index contributed by atoms with van der Waals surface area (Å²) in [7, 11) is 0. The second-order valence-electron chi connectivity index (χ2n) is 4.00. The monoisotopic (exact) mass is 312 g/mol. The first-order valence-electron chi connectivity index (χ1n) is 5.42. The van der Waals surface area contributed by atoms with Gasteiger partial charge in [-0.25, -0.2) is 4.39 Å². The highest BCUT2D eigenvalue weighted by molar-refractivity contribution is 7.71. The Morgan fingerprint density at radius 2 is 1.89 bits per heavy atom. The largest absolute Gasteiger partial charge is 0.329 e. The number of aromatic nitrogens is 2. The third kappa shape index (κ3) is 2.06. The average Bonchev–Trinajstić information content (AvgIpc) is 2.68. The van der Waals surface area contributed by atoms with E-state index in [0.717, 1.165) is 11.0 Å². The quantitative estimate of drug-likeness (QED) is 0.617. The molecule has 0 unspecified atom stereocenters. The second-order valence-corrected chi connectivity index (χ2v) is 5.20. The van der Waals surface area contributed by atoms with Crippen molar-refractivity contribution in [2.75, 3.05) is 0 Å². The van der Waals surface area contributed by atoms with Gasteiger partial charge in [0, 0.05) is 0 Å². The third-order valence-corrected chi connectivity index (χ3v) is 3.72. The van der Waals surface area contributed by atoms with Crippen molar-refractivity contribution in [3.8, 4) is 5.69 Å². The van der Waals surface area contributed by atoms with E-state index in [-0.39, 0.29) is 5.02 Å². The Balaban J connectivity index is 2.40. The van der Waals surface area contributed by atoms with Gasteiger partial charge in [-0.3, -0.25) is 4.57 Å². The van der Waals surface area contributed by atoms with Crippen molar-refractivity contribution < 1.29 is 4.39 Å². The maximum atomic E-state index is 13.1. The van der Waals surface area contributed by atoms with Gasteiger partial charge >= 0.3 is 0 Å². The predicted octanol–water partition coefficient (Wildman–Crippen LogP) is 5.13. The summed E-state index contributed by atoms with van der Waals surface area (Å²) >= 11 is 17.5. The standard InChI is InChI=1S/C13H7Cl2FN2S/c14-8-2-1-3-11-12(8)17-13(19)18(11)10-5-4-7(16)6-9(10)15/h1-6H,(H,17,19). The molecule has 96 valence electrons. The summed E-state index contributed by atoms with van der Waals surface area (Å²) in [6.07, 6.45) is 0. The summed E-state index contributed by atoms with van der Waals surface area (Å²) in [5, 5.41) is 0.859. The van der Waals surface area contributed by atoms with Gasteiger partial charge in [0.1, 0.15) is 5.82 Å². The van der Waals surface area contributed by atoms with E-state index in [1.54, 1.807) is 16.7 Å². The highest BCUT2D eigenvalue weighted by atomic mass is 35.5. The van der Waals surface area contributed by atoms with Crippen molar-refractivity contribution in [3.05, 3.63) is 57.0 Å². The van der Waals surface area contributed by atoms with E-state index >= 15 is 0 Å². The number of nitrogens with zero attached hydrogens (tertiary/aromatic N) is 1. The van der Waals surface area contributed by atoms with Crippen molar-refractivity contribution in [3.63, 3.8) is 0 Å². The van der Waals surface area contributed by atoms with Crippen molar-refractivity contribution in [1.82, 2.24) is 9.55 Å². The number of hydrogen-bond donors (Lipinski definition) is 1. The summed E-state index contributed by atoms with van der Waals surface area (Å²) < 4.78 is 15.3. The smallest absolute Gasteiger partial charge is 0.182 e. The van der Waals surface area contributed by atoms with Gasteiger partial charge in [-0.05, 0) is 42.5 Å². The Kier molecular flexibility index (Phi) is 3.09. The molecule has 0 radical (unpaired) electrons. The minimum Gasteiger partial charge on any atom is -0.329 e. The van der Waals surface area contributed by atoms with Crippen LogP contribution >= 0.6 is 35.4 Å². The number of aromatic amines is 1. The normalized spacial score (nSPS) is 11.1. The minimum absolute atomic E-state index is 0.289. The first kappa shape index (κ1) is 12.7. The molecule has 1 N–H and O–H groups in total. The van der Waals surface area contributed by atoms with Gasteiger partial charge in [-0.1, -0.05) is 29.3 Å². The van der Waals surface area contributed by atoms with Crippen LogP contribution < -0.4 is 0 Å². The fraction of sp³-hybridized carbons (Fsp3) is 0. The highest BCUT2D eigenvalue weighted by Gasteiger charge is 2.11. The molecule has 2 aromatic carbocycles. The summed E-state index contributed by atoms with van der Waals surface area (Å²) in [5.74, 6) is -0.391. The number of imidazole rings is 1. The van der Waals surface area contributed by atoms with E-state index in [1.807, 2.05) is 12.1 Å². The van der Waals surface area contributed by atoms with Crippen molar-refractivity contribution in [2.24, 2.45) is 0 Å². The fourth-order valence-electron chi connectivity index (χ4n) is 2.00. The number of nitrogens with one attached hydrogen (secondary N) is 1. The minimum atomic E-state index is -0.391. The van der Waals surface area contributed by atoms with Crippen molar-refractivity contribution in [1.29, 1.82) is 0 Å². The van der Waals surface area contributed by atoms with Crippen LogP contribution in [0.25, 0.3) is 16.7 Å². The third-order valence-electron chi connectivity index (χ3n) is 2.82. The lowest BCUT2D eigenvalue weighted by atomic mass is 10.2. The van der Waals surface area contributed by atoms with Crippen LogP contribution in [0, 0.1) is 10.6 Å². The molecule has 19 heavy (non-hydrogen) atoms. The number of benzene rings is 2. The van der Waals surface area contributed by atoms with Crippen LogP contribution in [0.3, 0.4) is 0 Å². The molecule has 0 saturated carbocycles. The molecule has 1 aromatic heterocycles. The van der Waals surface area contributed by atoms with Crippen LogP contribution in [0.1, 0.15) is 0 Å². The molecule has 2 nitrogen and oxygen atoms in total. The van der Waals surface area contributed by atoms with Crippen LogP contribution in [0.2, 0.25) is 10.0 Å². The Bertz CT molecular complexity index is 838. The Morgan fingerprint density at radius 3 is 2.63 bits per heavy atom. The molecule has 0 aliphatic heterocycles. The summed E-state index contributed by atoms with van der Waals surface area (Å²) in [6.45, 7) is 0. The van der Waals surface area contributed by atoms with Crippen LogP contribution in [-0.2, 0) is 0 Å². The zero-order valence-electron chi connectivity index (χ0n) is 9.45. The molecular weight excluding hydrogens is 306 g/mol. The van der Waals surface area contributed by atoms with E-state index in [0.29, 0.717) is 15.5 Å². The van der Waals surface area contributed by atoms with E-state index in [9.17, 15) is 4.39 Å². The first-order chi connectivity index (χ1) is 9.08. The van der Waals surface area contributed by atoms with Gasteiger partial charge in [0.2, 0.25) is 0 Å². The molecule has 6 heteroatoms. The lowest BCUT2D eigenvalue weighted by Gasteiger charge is -2.07. The van der Waals surface area contributed by atoms with Gasteiger partial charge < -0.3 is 4.98 Å². The van der Waals surface area contributed by atoms with Crippen molar-refractivity contribution in [2.45, 2.75) is 0 Å². The molecule has 0 aliphatic carbocycles.